The van der Waals surface area contributed by atoms with E-state index < -0.39 is 0 Å². The maximum Gasteiger partial charge on any atom is 0.131 e. The first-order valence-electron chi connectivity index (χ1n) is 8.65. The van der Waals surface area contributed by atoms with Gasteiger partial charge in [-0.2, -0.15) is 0 Å². The molecule has 1 aliphatic heterocycles. The van der Waals surface area contributed by atoms with Crippen LogP contribution in [0.5, 0.6) is 11.5 Å². The van der Waals surface area contributed by atoms with Gasteiger partial charge in [-0.25, -0.2) is 0 Å². The molecule has 1 heteroatoms. The van der Waals surface area contributed by atoms with Crippen LogP contribution in [0.4, 0.5) is 0 Å². The summed E-state index contributed by atoms with van der Waals surface area (Å²) in [5.74, 6) is 1.99. The number of para-hydroxylation sites is 1. The van der Waals surface area contributed by atoms with E-state index in [9.17, 15) is 0 Å². The summed E-state index contributed by atoms with van der Waals surface area (Å²) in [6.45, 7) is 6.59. The van der Waals surface area contributed by atoms with Crippen LogP contribution in [0.25, 0.3) is 11.1 Å². The molecule has 1 heterocycles. The van der Waals surface area contributed by atoms with Gasteiger partial charge in [0, 0.05) is 12.0 Å². The molecule has 0 atom stereocenters. The Bertz CT molecular complexity index is 921. The summed E-state index contributed by atoms with van der Waals surface area (Å²) in [4.78, 5) is 0. The van der Waals surface area contributed by atoms with Gasteiger partial charge >= 0.3 is 0 Å². The van der Waals surface area contributed by atoms with Crippen molar-refractivity contribution in [2.75, 3.05) is 0 Å². The summed E-state index contributed by atoms with van der Waals surface area (Å²) in [5, 5.41) is 0. The van der Waals surface area contributed by atoms with Gasteiger partial charge in [0.25, 0.3) is 0 Å². The van der Waals surface area contributed by atoms with Crippen molar-refractivity contribution in [1.82, 2.24) is 0 Å². The Hall–Kier alpha value is -2.54. The number of hydrogen-bond acceptors (Lipinski definition) is 1. The fourth-order valence-corrected chi connectivity index (χ4v) is 3.64. The molecule has 0 unspecified atom stereocenters. The second kappa shape index (κ2) is 5.83. The molecule has 0 N–H and O–H groups in total. The third-order valence-corrected chi connectivity index (χ3v) is 4.96. The van der Waals surface area contributed by atoms with Crippen molar-refractivity contribution >= 4 is 0 Å². The van der Waals surface area contributed by atoms with Gasteiger partial charge in [0.1, 0.15) is 11.5 Å². The number of rotatable bonds is 2. The summed E-state index contributed by atoms with van der Waals surface area (Å²) >= 11 is 0. The molecule has 0 amide bonds. The molecule has 4 rings (SSSR count). The summed E-state index contributed by atoms with van der Waals surface area (Å²) in [7, 11) is 0. The van der Waals surface area contributed by atoms with Crippen LogP contribution >= 0.6 is 0 Å². The van der Waals surface area contributed by atoms with E-state index in [-0.39, 0.29) is 0 Å². The van der Waals surface area contributed by atoms with Gasteiger partial charge in [0.15, 0.2) is 0 Å². The smallest absolute Gasteiger partial charge is 0.131 e. The lowest BCUT2D eigenvalue weighted by molar-refractivity contribution is 0.460. The van der Waals surface area contributed by atoms with E-state index >= 15 is 0 Å². The zero-order valence-electron chi connectivity index (χ0n) is 14.5. The molecule has 120 valence electrons. The topological polar surface area (TPSA) is 9.23 Å². The summed E-state index contributed by atoms with van der Waals surface area (Å²) < 4.78 is 6.21. The quantitative estimate of drug-likeness (QED) is 0.426. The van der Waals surface area contributed by atoms with E-state index in [2.05, 4.69) is 69.3 Å². The minimum atomic E-state index is 0.933. The molecule has 0 aromatic heterocycles. The van der Waals surface area contributed by atoms with Gasteiger partial charge < -0.3 is 4.74 Å². The van der Waals surface area contributed by atoms with Crippen LogP contribution in [0, 0.1) is 13.8 Å². The van der Waals surface area contributed by atoms with Crippen LogP contribution in [-0.4, -0.2) is 0 Å². The third kappa shape index (κ3) is 2.41. The Kier molecular flexibility index (Phi) is 3.65. The normalized spacial score (nSPS) is 12.3. The maximum absolute atomic E-state index is 6.21. The molecule has 0 fully saturated rings. The van der Waals surface area contributed by atoms with E-state index in [1.54, 1.807) is 0 Å². The van der Waals surface area contributed by atoms with Gasteiger partial charge in [0.2, 0.25) is 0 Å². The Morgan fingerprint density at radius 3 is 2.58 bits per heavy atom. The molecule has 0 saturated carbocycles. The summed E-state index contributed by atoms with van der Waals surface area (Å²) in [6, 6.07) is 19.4. The van der Waals surface area contributed by atoms with Crippen molar-refractivity contribution in [2.24, 2.45) is 0 Å². The highest BCUT2D eigenvalue weighted by Crippen LogP contribution is 2.43. The van der Waals surface area contributed by atoms with Crippen molar-refractivity contribution in [3.8, 4) is 22.6 Å². The van der Waals surface area contributed by atoms with Gasteiger partial charge in [-0.15, -0.1) is 0 Å². The fraction of sp³-hybridized carbons (Fsp3) is 0.217. The lowest BCUT2D eigenvalue weighted by atomic mass is 9.86. The number of hydrogen-bond donors (Lipinski definition) is 0. The van der Waals surface area contributed by atoms with Gasteiger partial charge in [-0.05, 0) is 60.2 Å². The van der Waals surface area contributed by atoms with E-state index in [1.165, 1.54) is 38.9 Å². The molecular weight excluding hydrogens is 292 g/mol. The standard InChI is InChI=1S/C23H22O/c1-4-17-11-12-22-20(14-18-7-5-6-8-21(18)24-22)23(17)19-13-15(2)9-10-16(19)3/h5-13H,4,14H2,1-3H3. The average Bonchev–Trinajstić information content (AvgIpc) is 2.61. The van der Waals surface area contributed by atoms with Gasteiger partial charge in [0.05, 0.1) is 0 Å². The molecule has 0 bridgehead atoms. The summed E-state index contributed by atoms with van der Waals surface area (Å²) in [6.07, 6.45) is 1.96. The molecule has 1 aliphatic rings. The summed E-state index contributed by atoms with van der Waals surface area (Å²) in [5.41, 5.74) is 9.31. The molecule has 0 saturated heterocycles. The van der Waals surface area contributed by atoms with E-state index in [0.717, 1.165) is 24.3 Å². The monoisotopic (exact) mass is 314 g/mol. The lowest BCUT2D eigenvalue weighted by Crippen LogP contribution is -2.07. The van der Waals surface area contributed by atoms with Crippen LogP contribution in [0.2, 0.25) is 0 Å². The van der Waals surface area contributed by atoms with Crippen molar-refractivity contribution < 1.29 is 4.74 Å². The minimum absolute atomic E-state index is 0.933. The molecule has 3 aromatic carbocycles. The second-order valence-corrected chi connectivity index (χ2v) is 6.63. The van der Waals surface area contributed by atoms with Crippen LogP contribution in [0.3, 0.4) is 0 Å². The highest BCUT2D eigenvalue weighted by atomic mass is 16.5. The zero-order chi connectivity index (χ0) is 16.7. The van der Waals surface area contributed by atoms with Crippen molar-refractivity contribution in [2.45, 2.75) is 33.6 Å². The predicted molar refractivity (Wildman–Crippen MR) is 100 cm³/mol. The van der Waals surface area contributed by atoms with Crippen molar-refractivity contribution in [3.05, 3.63) is 82.4 Å². The highest BCUT2D eigenvalue weighted by Gasteiger charge is 2.22. The van der Waals surface area contributed by atoms with Crippen LogP contribution in [0.15, 0.2) is 54.6 Å². The number of benzene rings is 3. The van der Waals surface area contributed by atoms with Crippen LogP contribution in [0.1, 0.15) is 34.7 Å². The molecule has 24 heavy (non-hydrogen) atoms. The Morgan fingerprint density at radius 2 is 1.75 bits per heavy atom. The molecule has 0 aliphatic carbocycles. The van der Waals surface area contributed by atoms with Gasteiger partial charge in [-0.1, -0.05) is 55.0 Å². The molecular formula is C23H22O. The van der Waals surface area contributed by atoms with Gasteiger partial charge in [-0.3, -0.25) is 0 Å². The van der Waals surface area contributed by atoms with Crippen molar-refractivity contribution in [1.29, 1.82) is 0 Å². The second-order valence-electron chi connectivity index (χ2n) is 6.63. The lowest BCUT2D eigenvalue weighted by Gasteiger charge is -2.25. The SMILES string of the molecule is CCc1ccc2c(c1-c1cc(C)ccc1C)Cc1ccccc1O2. The predicted octanol–water partition coefficient (Wildman–Crippen LogP) is 6.23. The van der Waals surface area contributed by atoms with E-state index in [4.69, 9.17) is 4.74 Å². The first-order valence-corrected chi connectivity index (χ1v) is 8.65. The number of fused-ring (bicyclic) bond motifs is 2. The van der Waals surface area contributed by atoms with E-state index in [0.29, 0.717) is 0 Å². The Labute approximate surface area is 143 Å². The maximum atomic E-state index is 6.21. The van der Waals surface area contributed by atoms with Crippen LogP contribution in [-0.2, 0) is 12.8 Å². The largest absolute Gasteiger partial charge is 0.457 e. The molecule has 0 radical (unpaired) electrons. The molecule has 1 nitrogen and oxygen atoms in total. The fourth-order valence-electron chi connectivity index (χ4n) is 3.64. The average molecular weight is 314 g/mol. The first-order chi connectivity index (χ1) is 11.7. The number of ether oxygens (including phenoxy) is 1. The third-order valence-electron chi connectivity index (χ3n) is 4.96. The highest BCUT2D eigenvalue weighted by molar-refractivity contribution is 5.78. The molecule has 0 spiro atoms. The minimum Gasteiger partial charge on any atom is -0.457 e. The molecule has 3 aromatic rings. The number of aryl methyl sites for hydroxylation is 3. The first kappa shape index (κ1) is 15.0. The van der Waals surface area contributed by atoms with E-state index in [1.807, 2.05) is 6.07 Å². The Morgan fingerprint density at radius 1 is 0.917 bits per heavy atom. The van der Waals surface area contributed by atoms with Crippen LogP contribution < -0.4 is 4.74 Å². The zero-order valence-corrected chi connectivity index (χ0v) is 14.5. The van der Waals surface area contributed by atoms with Crippen molar-refractivity contribution in [3.63, 3.8) is 0 Å². The Balaban J connectivity index is 1.96.